The Morgan fingerprint density at radius 2 is 1.45 bits per heavy atom. The van der Waals surface area contributed by atoms with Crippen molar-refractivity contribution in [1.82, 2.24) is 0 Å². The first-order valence-electron chi connectivity index (χ1n) is 11.0. The summed E-state index contributed by atoms with van der Waals surface area (Å²) in [5, 5.41) is 84.9. The van der Waals surface area contributed by atoms with Crippen molar-refractivity contribution in [2.24, 2.45) is 0 Å². The molecule has 2 heterocycles. The summed E-state index contributed by atoms with van der Waals surface area (Å²) in [6.07, 6.45) is -6.77. The molecule has 2 rings (SSSR count). The van der Waals surface area contributed by atoms with Gasteiger partial charge in [-0.15, -0.1) is 0 Å². The molecule has 13 heteroatoms. The first-order valence-corrected chi connectivity index (χ1v) is 11.0. The highest BCUT2D eigenvalue weighted by molar-refractivity contribution is 5.66. The Morgan fingerprint density at radius 3 is 1.94 bits per heavy atom. The first-order chi connectivity index (χ1) is 15.6. The molecule has 0 aromatic carbocycles. The monoisotopic (exact) mass is 486 g/mol. The molecule has 2 fully saturated rings. The number of aliphatic carboxylic acids is 1. The summed E-state index contributed by atoms with van der Waals surface area (Å²) in [7, 11) is 0. The van der Waals surface area contributed by atoms with E-state index in [1.807, 2.05) is 0 Å². The van der Waals surface area contributed by atoms with Crippen LogP contribution < -0.4 is 0 Å². The summed E-state index contributed by atoms with van der Waals surface area (Å²) < 4.78 is 15.4. The Hall–Kier alpha value is -0.970. The van der Waals surface area contributed by atoms with Crippen LogP contribution in [0.5, 0.6) is 0 Å². The lowest BCUT2D eigenvalue weighted by Gasteiger charge is -2.43. The molecule has 2 aliphatic rings. The summed E-state index contributed by atoms with van der Waals surface area (Å²) in [5.74, 6) is -2.89. The molecule has 2 saturated heterocycles. The van der Waals surface area contributed by atoms with Crippen LogP contribution in [0.25, 0.3) is 0 Å². The van der Waals surface area contributed by atoms with Gasteiger partial charge < -0.3 is 60.2 Å². The fraction of sp³-hybridized carbons (Fsp3) is 0.950. The fourth-order valence-corrected chi connectivity index (χ4v) is 3.51. The second-order valence-electron chi connectivity index (χ2n) is 8.12. The predicted molar refractivity (Wildman–Crippen MR) is 110 cm³/mol. The van der Waals surface area contributed by atoms with Crippen molar-refractivity contribution in [2.75, 3.05) is 19.8 Å². The number of hydrogen-bond acceptors (Lipinski definition) is 12. The zero-order chi connectivity index (χ0) is 25.2. The Balaban J connectivity index is 0.000000461. The third kappa shape index (κ3) is 8.04. The Kier molecular flexibility index (Phi) is 13.1. The Bertz CT molecular complexity index is 562. The van der Waals surface area contributed by atoms with Gasteiger partial charge in [-0.1, -0.05) is 32.6 Å². The number of aliphatic hydroxyl groups excluding tert-OH is 8. The lowest BCUT2D eigenvalue weighted by atomic mass is 9.99. The Labute approximate surface area is 191 Å². The third-order valence-electron chi connectivity index (χ3n) is 5.56. The quantitative estimate of drug-likeness (QED) is 0.133. The van der Waals surface area contributed by atoms with E-state index < -0.39 is 80.6 Å². The molecule has 2 aliphatic heterocycles. The van der Waals surface area contributed by atoms with Crippen LogP contribution in [-0.2, 0) is 19.0 Å². The fourth-order valence-electron chi connectivity index (χ4n) is 3.51. The minimum absolute atomic E-state index is 0.337. The lowest BCUT2D eigenvalue weighted by Crippen LogP contribution is -2.62. The predicted octanol–water partition coefficient (Wildman–Crippen LogP) is -2.96. The van der Waals surface area contributed by atoms with Crippen LogP contribution in [0.3, 0.4) is 0 Å². The summed E-state index contributed by atoms with van der Waals surface area (Å²) in [6, 6.07) is 0. The molecule has 0 radical (unpaired) electrons. The van der Waals surface area contributed by atoms with Gasteiger partial charge in [0.05, 0.1) is 13.2 Å². The molecule has 0 amide bonds. The van der Waals surface area contributed by atoms with Crippen LogP contribution >= 0.6 is 0 Å². The van der Waals surface area contributed by atoms with Crippen molar-refractivity contribution in [3.63, 3.8) is 0 Å². The molecular formula is C20H38O13. The smallest absolute Gasteiger partial charge is 0.303 e. The van der Waals surface area contributed by atoms with Crippen LogP contribution in [0, 0.1) is 0 Å². The molecule has 9 atom stereocenters. The van der Waals surface area contributed by atoms with E-state index in [1.165, 1.54) is 19.3 Å². The van der Waals surface area contributed by atoms with E-state index in [0.717, 1.165) is 12.8 Å². The van der Waals surface area contributed by atoms with Crippen molar-refractivity contribution in [1.29, 1.82) is 0 Å². The summed E-state index contributed by atoms with van der Waals surface area (Å²) >= 11 is 0. The van der Waals surface area contributed by atoms with Gasteiger partial charge in [0.15, 0.2) is 6.29 Å². The van der Waals surface area contributed by atoms with E-state index in [2.05, 4.69) is 6.92 Å². The van der Waals surface area contributed by atoms with Gasteiger partial charge >= 0.3 is 5.97 Å². The number of carboxylic acid groups (broad SMARTS) is 1. The van der Waals surface area contributed by atoms with E-state index in [4.69, 9.17) is 29.5 Å². The molecule has 0 saturated carbocycles. The van der Waals surface area contributed by atoms with Crippen molar-refractivity contribution in [3.05, 3.63) is 0 Å². The van der Waals surface area contributed by atoms with Gasteiger partial charge in [-0.25, -0.2) is 0 Å². The van der Waals surface area contributed by atoms with Gasteiger partial charge in [-0.3, -0.25) is 4.79 Å². The molecule has 33 heavy (non-hydrogen) atoms. The highest BCUT2D eigenvalue weighted by atomic mass is 16.8. The average molecular weight is 487 g/mol. The number of rotatable bonds is 11. The molecule has 0 aromatic rings. The van der Waals surface area contributed by atoms with Crippen molar-refractivity contribution in [3.8, 4) is 0 Å². The zero-order valence-corrected chi connectivity index (χ0v) is 18.6. The van der Waals surface area contributed by atoms with Crippen LogP contribution in [0.4, 0.5) is 0 Å². The van der Waals surface area contributed by atoms with E-state index in [-0.39, 0.29) is 0 Å². The van der Waals surface area contributed by atoms with Crippen LogP contribution in [0.15, 0.2) is 0 Å². The molecule has 0 unspecified atom stereocenters. The highest BCUT2D eigenvalue weighted by Crippen LogP contribution is 2.35. The largest absolute Gasteiger partial charge is 0.481 e. The summed E-state index contributed by atoms with van der Waals surface area (Å²) in [6.45, 7) is -0.172. The second-order valence-corrected chi connectivity index (χ2v) is 8.12. The van der Waals surface area contributed by atoms with Crippen LogP contribution in [-0.4, -0.2) is 127 Å². The van der Waals surface area contributed by atoms with Crippen molar-refractivity contribution in [2.45, 2.75) is 100 Å². The minimum Gasteiger partial charge on any atom is -0.481 e. The number of unbranched alkanes of at least 4 members (excludes halogenated alkanes) is 4. The molecule has 0 bridgehead atoms. The number of carbonyl (C=O) groups is 1. The van der Waals surface area contributed by atoms with E-state index in [1.54, 1.807) is 0 Å². The molecule has 9 N–H and O–H groups in total. The number of aliphatic hydroxyl groups is 8. The van der Waals surface area contributed by atoms with Gasteiger partial charge in [-0.2, -0.15) is 0 Å². The summed E-state index contributed by atoms with van der Waals surface area (Å²) in [4.78, 5) is 10.0. The molecule has 0 spiro atoms. The maximum absolute atomic E-state index is 10.0. The normalized spacial score (nSPS) is 38.6. The van der Waals surface area contributed by atoms with Gasteiger partial charge in [0, 0.05) is 6.42 Å². The van der Waals surface area contributed by atoms with Crippen molar-refractivity contribution >= 4 is 5.97 Å². The maximum atomic E-state index is 10.0. The van der Waals surface area contributed by atoms with E-state index in [0.29, 0.717) is 6.42 Å². The van der Waals surface area contributed by atoms with E-state index in [9.17, 15) is 35.4 Å². The molecular weight excluding hydrogens is 448 g/mol. The number of ether oxygens (including phenoxy) is 3. The average Bonchev–Trinajstić information content (AvgIpc) is 3.04. The molecule has 0 aromatic heterocycles. The molecule has 13 nitrogen and oxygen atoms in total. The van der Waals surface area contributed by atoms with E-state index >= 15 is 0 Å². The SMILES string of the molecule is CCCCCCCC(=O)O.OC[C@H]1O[C@@](CO)(O[C@H]2O[C@H](CO)[C@@H](O)[C@H](O)[C@H]2O)[C@@H](O)[C@@H]1O. The van der Waals surface area contributed by atoms with Crippen LogP contribution in [0.2, 0.25) is 0 Å². The third-order valence-corrected chi connectivity index (χ3v) is 5.56. The Morgan fingerprint density at radius 1 is 0.848 bits per heavy atom. The molecule has 0 aliphatic carbocycles. The highest BCUT2D eigenvalue weighted by Gasteiger charge is 2.58. The second kappa shape index (κ2) is 14.4. The number of hydrogen-bond donors (Lipinski definition) is 9. The standard InChI is InChI=1S/C12H22O11.C8H16O2/c13-1-4-6(16)8(18)9(19)11(21-4)23-12(3-15)10(20)7(17)5(2-14)22-12;1-2-3-4-5-6-7-8(9)10/h4-11,13-20H,1-3H2;2-7H2,1H3,(H,9,10)/t4-,5-,6-,7-,8+,9-,10+,11-,12+;/m1./s1. The van der Waals surface area contributed by atoms with Crippen LogP contribution in [0.1, 0.15) is 45.4 Å². The van der Waals surface area contributed by atoms with Gasteiger partial charge in [-0.05, 0) is 6.42 Å². The van der Waals surface area contributed by atoms with Crippen molar-refractivity contribution < 1.29 is 65.0 Å². The van der Waals surface area contributed by atoms with Gasteiger partial charge in [0.1, 0.15) is 49.3 Å². The van der Waals surface area contributed by atoms with Gasteiger partial charge in [0.25, 0.3) is 0 Å². The lowest BCUT2D eigenvalue weighted by molar-refractivity contribution is -0.383. The topological polar surface area (TPSA) is 227 Å². The minimum atomic E-state index is -2.22. The maximum Gasteiger partial charge on any atom is 0.303 e. The molecule has 196 valence electrons. The number of carboxylic acids is 1. The zero-order valence-electron chi connectivity index (χ0n) is 18.6. The van der Waals surface area contributed by atoms with Gasteiger partial charge in [0.2, 0.25) is 5.79 Å². The summed E-state index contributed by atoms with van der Waals surface area (Å²) in [5.41, 5.74) is 0. The first kappa shape index (κ1) is 30.1.